The molecule has 118 valence electrons. The van der Waals surface area contributed by atoms with Crippen LogP contribution in [-0.2, 0) is 6.54 Å². The third-order valence-corrected chi connectivity index (χ3v) is 4.45. The van der Waals surface area contributed by atoms with Crippen molar-refractivity contribution in [3.8, 4) is 0 Å². The summed E-state index contributed by atoms with van der Waals surface area (Å²) in [5.41, 5.74) is 3.13. The summed E-state index contributed by atoms with van der Waals surface area (Å²) in [6.45, 7) is 2.46. The van der Waals surface area contributed by atoms with Crippen LogP contribution >= 0.6 is 11.3 Å². The van der Waals surface area contributed by atoms with Crippen molar-refractivity contribution in [3.05, 3.63) is 75.7 Å². The number of aromatic nitrogens is 2. The smallest absolute Gasteiger partial charge is 0.315 e. The number of nitrogens with zero attached hydrogens (tertiary/aromatic N) is 1. The first-order valence-corrected chi connectivity index (χ1v) is 8.23. The number of hydrogen-bond acceptors (Lipinski definition) is 3. The summed E-state index contributed by atoms with van der Waals surface area (Å²) in [6.07, 6.45) is 1.66. The van der Waals surface area contributed by atoms with E-state index in [2.05, 4.69) is 52.0 Å². The maximum absolute atomic E-state index is 12.2. The van der Waals surface area contributed by atoms with Crippen molar-refractivity contribution in [2.75, 3.05) is 0 Å². The highest BCUT2D eigenvalue weighted by Gasteiger charge is 2.17. The predicted molar refractivity (Wildman–Crippen MR) is 91.3 cm³/mol. The molecule has 1 aromatic carbocycles. The van der Waals surface area contributed by atoms with E-state index in [1.54, 1.807) is 17.5 Å². The minimum Gasteiger partial charge on any atom is -0.333 e. The number of carbonyl (C=O) groups excluding carboxylic acids is 1. The quantitative estimate of drug-likeness (QED) is 0.673. The first-order chi connectivity index (χ1) is 11.2. The minimum atomic E-state index is -0.210. The molecule has 0 bridgehead atoms. The van der Waals surface area contributed by atoms with Gasteiger partial charge in [0.25, 0.3) is 0 Å². The number of amides is 2. The Morgan fingerprint density at radius 1 is 1.26 bits per heavy atom. The second kappa shape index (κ2) is 7.11. The van der Waals surface area contributed by atoms with Crippen molar-refractivity contribution >= 4 is 17.4 Å². The molecule has 0 radical (unpaired) electrons. The van der Waals surface area contributed by atoms with E-state index in [1.807, 2.05) is 23.6 Å². The lowest BCUT2D eigenvalue weighted by molar-refractivity contribution is 0.238. The fraction of sp³-hybridized carbons (Fsp3) is 0.176. The Hall–Kier alpha value is -2.60. The molecule has 2 heterocycles. The van der Waals surface area contributed by atoms with Gasteiger partial charge in [0.1, 0.15) is 0 Å². The summed E-state index contributed by atoms with van der Waals surface area (Å²) in [5, 5.41) is 14.6. The van der Waals surface area contributed by atoms with Crippen LogP contribution in [0.5, 0.6) is 0 Å². The Bertz CT molecular complexity index is 736. The molecule has 0 aliphatic heterocycles. The lowest BCUT2D eigenvalue weighted by atomic mass is 10.0. The Labute approximate surface area is 138 Å². The number of nitrogens with one attached hydrogen (secondary N) is 3. The predicted octanol–water partition coefficient (Wildman–Crippen LogP) is 3.37. The fourth-order valence-corrected chi connectivity index (χ4v) is 3.08. The van der Waals surface area contributed by atoms with Crippen LogP contribution in [-0.4, -0.2) is 16.2 Å². The van der Waals surface area contributed by atoms with Gasteiger partial charge in [-0.1, -0.05) is 35.9 Å². The first-order valence-electron chi connectivity index (χ1n) is 7.35. The average Bonchev–Trinajstić information content (AvgIpc) is 3.25. The van der Waals surface area contributed by atoms with E-state index in [1.165, 1.54) is 5.56 Å². The number of rotatable bonds is 5. The zero-order chi connectivity index (χ0) is 16.1. The lowest BCUT2D eigenvalue weighted by Crippen LogP contribution is -2.37. The zero-order valence-electron chi connectivity index (χ0n) is 12.7. The number of thiophene rings is 1. The number of benzene rings is 1. The monoisotopic (exact) mass is 326 g/mol. The molecule has 3 aromatic rings. The van der Waals surface area contributed by atoms with Crippen LogP contribution in [0.4, 0.5) is 4.79 Å². The normalized spacial score (nSPS) is 11.9. The molecule has 3 N–H and O–H groups in total. The molecule has 23 heavy (non-hydrogen) atoms. The minimum absolute atomic E-state index is 0.155. The van der Waals surface area contributed by atoms with Gasteiger partial charge in [-0.15, -0.1) is 11.3 Å². The van der Waals surface area contributed by atoms with Gasteiger partial charge in [0.15, 0.2) is 0 Å². The second-order valence-electron chi connectivity index (χ2n) is 5.27. The fourth-order valence-electron chi connectivity index (χ4n) is 2.27. The van der Waals surface area contributed by atoms with E-state index in [0.29, 0.717) is 6.54 Å². The summed E-state index contributed by atoms with van der Waals surface area (Å²) >= 11 is 1.63. The lowest BCUT2D eigenvalue weighted by Gasteiger charge is -2.18. The second-order valence-corrected chi connectivity index (χ2v) is 6.25. The van der Waals surface area contributed by atoms with Crippen LogP contribution < -0.4 is 10.6 Å². The van der Waals surface area contributed by atoms with Gasteiger partial charge < -0.3 is 10.6 Å². The van der Waals surface area contributed by atoms with Crippen molar-refractivity contribution in [2.24, 2.45) is 0 Å². The van der Waals surface area contributed by atoms with Gasteiger partial charge in [0.2, 0.25) is 0 Å². The average molecular weight is 326 g/mol. The van der Waals surface area contributed by atoms with Crippen LogP contribution in [0.2, 0.25) is 0 Å². The third kappa shape index (κ3) is 3.98. The molecule has 1 atom stereocenters. The molecule has 2 aromatic heterocycles. The number of urea groups is 1. The molecule has 0 aliphatic carbocycles. The van der Waals surface area contributed by atoms with Gasteiger partial charge in [-0.25, -0.2) is 4.79 Å². The topological polar surface area (TPSA) is 69.8 Å². The molecule has 0 spiro atoms. The van der Waals surface area contributed by atoms with Crippen molar-refractivity contribution < 1.29 is 4.79 Å². The van der Waals surface area contributed by atoms with Crippen LogP contribution in [0.3, 0.4) is 0 Å². The maximum Gasteiger partial charge on any atom is 0.315 e. The number of aromatic amines is 1. The highest BCUT2D eigenvalue weighted by atomic mass is 32.1. The molecule has 6 heteroatoms. The van der Waals surface area contributed by atoms with Gasteiger partial charge >= 0.3 is 6.03 Å². The highest BCUT2D eigenvalue weighted by molar-refractivity contribution is 7.10. The summed E-state index contributed by atoms with van der Waals surface area (Å²) in [7, 11) is 0. The molecular weight excluding hydrogens is 308 g/mol. The zero-order valence-corrected chi connectivity index (χ0v) is 13.6. The van der Waals surface area contributed by atoms with E-state index in [9.17, 15) is 4.79 Å². The Kier molecular flexibility index (Phi) is 4.73. The SMILES string of the molecule is Cc1ccc([C@H](NC(=O)NCc2ccn[nH]2)c2cccs2)cc1. The number of aryl methyl sites for hydroxylation is 1. The van der Waals surface area contributed by atoms with Crippen molar-refractivity contribution in [2.45, 2.75) is 19.5 Å². The van der Waals surface area contributed by atoms with Gasteiger partial charge in [0.05, 0.1) is 18.3 Å². The molecule has 0 aliphatic rings. The number of H-pyrrole nitrogens is 1. The third-order valence-electron chi connectivity index (χ3n) is 3.51. The van der Waals surface area contributed by atoms with Crippen LogP contribution in [0.25, 0.3) is 0 Å². The summed E-state index contributed by atoms with van der Waals surface area (Å²) in [4.78, 5) is 13.3. The largest absolute Gasteiger partial charge is 0.333 e. The van der Waals surface area contributed by atoms with E-state index in [4.69, 9.17) is 0 Å². The molecule has 0 saturated carbocycles. The maximum atomic E-state index is 12.2. The van der Waals surface area contributed by atoms with Crippen LogP contribution in [0.15, 0.2) is 54.0 Å². The highest BCUT2D eigenvalue weighted by Crippen LogP contribution is 2.26. The van der Waals surface area contributed by atoms with Crippen molar-refractivity contribution in [3.63, 3.8) is 0 Å². The standard InChI is InChI=1S/C17H18N4OS/c1-12-4-6-13(7-5-12)16(15-3-2-10-23-15)20-17(22)18-11-14-8-9-19-21-14/h2-10,16H,11H2,1H3,(H,19,21)(H2,18,20,22)/t16-/m0/s1. The Morgan fingerprint density at radius 3 is 2.74 bits per heavy atom. The molecule has 0 saturated heterocycles. The first kappa shape index (κ1) is 15.3. The van der Waals surface area contributed by atoms with E-state index in [-0.39, 0.29) is 12.1 Å². The Morgan fingerprint density at radius 2 is 2.09 bits per heavy atom. The summed E-state index contributed by atoms with van der Waals surface area (Å²) in [5.74, 6) is 0. The molecule has 0 unspecified atom stereocenters. The molecule has 3 rings (SSSR count). The van der Waals surface area contributed by atoms with Gasteiger partial charge in [0, 0.05) is 11.1 Å². The summed E-state index contributed by atoms with van der Waals surface area (Å²) < 4.78 is 0. The van der Waals surface area contributed by atoms with Gasteiger partial charge in [-0.05, 0) is 30.0 Å². The van der Waals surface area contributed by atoms with Crippen molar-refractivity contribution in [1.82, 2.24) is 20.8 Å². The molecule has 5 nitrogen and oxygen atoms in total. The molecular formula is C17H18N4OS. The number of carbonyl (C=O) groups is 1. The Balaban J connectivity index is 1.71. The van der Waals surface area contributed by atoms with Gasteiger partial charge in [-0.2, -0.15) is 5.10 Å². The van der Waals surface area contributed by atoms with Crippen molar-refractivity contribution in [1.29, 1.82) is 0 Å². The van der Waals surface area contributed by atoms with Gasteiger partial charge in [-0.3, -0.25) is 5.10 Å². The number of hydrogen-bond donors (Lipinski definition) is 3. The van der Waals surface area contributed by atoms with E-state index in [0.717, 1.165) is 16.1 Å². The summed E-state index contributed by atoms with van der Waals surface area (Å²) in [6, 6.07) is 13.7. The van der Waals surface area contributed by atoms with Crippen LogP contribution in [0.1, 0.15) is 27.7 Å². The van der Waals surface area contributed by atoms with Crippen LogP contribution in [0, 0.1) is 6.92 Å². The molecule has 2 amide bonds. The van der Waals surface area contributed by atoms with E-state index < -0.39 is 0 Å². The molecule has 0 fully saturated rings. The van der Waals surface area contributed by atoms with E-state index >= 15 is 0 Å².